The van der Waals surface area contributed by atoms with Crippen LogP contribution in [0.3, 0.4) is 0 Å². The van der Waals surface area contributed by atoms with Crippen LogP contribution in [-0.2, 0) is 11.2 Å². The molecule has 0 spiro atoms. The summed E-state index contributed by atoms with van der Waals surface area (Å²) in [5.41, 5.74) is 15.7. The zero-order valence-corrected chi connectivity index (χ0v) is 9.00. The van der Waals surface area contributed by atoms with Gasteiger partial charge in [-0.15, -0.1) is 0 Å². The second-order valence-corrected chi connectivity index (χ2v) is 3.70. The third-order valence-corrected chi connectivity index (χ3v) is 2.58. The van der Waals surface area contributed by atoms with Crippen molar-refractivity contribution >= 4 is 16.8 Å². The normalized spacial score (nSPS) is 12.1. The van der Waals surface area contributed by atoms with Gasteiger partial charge in [-0.2, -0.15) is 0 Å². The van der Waals surface area contributed by atoms with E-state index in [1.165, 1.54) is 0 Å². The van der Waals surface area contributed by atoms with Gasteiger partial charge in [0.05, 0.1) is 6.04 Å². The number of azide groups is 1. The van der Waals surface area contributed by atoms with Crippen molar-refractivity contribution < 1.29 is 4.79 Å². The number of hydrogen-bond donors (Lipinski definition) is 2. The molecule has 0 radical (unpaired) electrons. The lowest BCUT2D eigenvalue weighted by molar-refractivity contribution is -0.119. The molecule has 86 valence electrons. The zero-order chi connectivity index (χ0) is 12.3. The number of benzene rings is 1. The number of para-hydroxylation sites is 1. The summed E-state index contributed by atoms with van der Waals surface area (Å²) in [5, 5.41) is 4.02. The summed E-state index contributed by atoms with van der Waals surface area (Å²) < 4.78 is 0. The van der Waals surface area contributed by atoms with E-state index >= 15 is 0 Å². The van der Waals surface area contributed by atoms with Crippen molar-refractivity contribution in [1.29, 1.82) is 0 Å². The average Bonchev–Trinajstić information content (AvgIpc) is 2.73. The summed E-state index contributed by atoms with van der Waals surface area (Å²) in [6.07, 6.45) is 2.16. The Labute approximate surface area is 97.1 Å². The van der Waals surface area contributed by atoms with Gasteiger partial charge in [0.2, 0.25) is 5.91 Å². The van der Waals surface area contributed by atoms with Crippen LogP contribution < -0.4 is 5.73 Å². The maximum atomic E-state index is 11.2. The number of carbonyl (C=O) groups excluding carboxylic acids is 1. The first-order valence-electron chi connectivity index (χ1n) is 5.12. The number of aromatic nitrogens is 1. The van der Waals surface area contributed by atoms with E-state index in [1.807, 2.05) is 30.5 Å². The summed E-state index contributed by atoms with van der Waals surface area (Å²) in [6, 6.07) is 6.93. The van der Waals surface area contributed by atoms with E-state index in [2.05, 4.69) is 15.0 Å². The Morgan fingerprint density at radius 2 is 2.29 bits per heavy atom. The molecular formula is C11H11N5O. The third kappa shape index (κ3) is 2.28. The number of nitrogens with two attached hydrogens (primary N) is 1. The van der Waals surface area contributed by atoms with Crippen LogP contribution in [0.25, 0.3) is 21.3 Å². The van der Waals surface area contributed by atoms with Gasteiger partial charge < -0.3 is 10.7 Å². The molecule has 0 aliphatic carbocycles. The Hall–Kier alpha value is -2.30. The van der Waals surface area contributed by atoms with Gasteiger partial charge in [0.15, 0.2) is 0 Å². The highest BCUT2D eigenvalue weighted by Gasteiger charge is 2.14. The lowest BCUT2D eigenvalue weighted by Crippen LogP contribution is -2.30. The Bertz CT molecular complexity index is 597. The molecule has 0 fully saturated rings. The molecule has 0 saturated carbocycles. The maximum Gasteiger partial charge on any atom is 0.235 e. The van der Waals surface area contributed by atoms with Crippen LogP contribution in [0.5, 0.6) is 0 Å². The van der Waals surface area contributed by atoms with E-state index in [4.69, 9.17) is 11.3 Å². The highest BCUT2D eigenvalue weighted by Crippen LogP contribution is 2.18. The molecule has 17 heavy (non-hydrogen) atoms. The molecular weight excluding hydrogens is 218 g/mol. The van der Waals surface area contributed by atoms with Crippen molar-refractivity contribution in [3.8, 4) is 0 Å². The number of aromatic amines is 1. The minimum Gasteiger partial charge on any atom is -0.361 e. The van der Waals surface area contributed by atoms with Crippen LogP contribution in [0.1, 0.15) is 5.56 Å². The molecule has 1 amide bonds. The van der Waals surface area contributed by atoms with Gasteiger partial charge in [0.25, 0.3) is 0 Å². The van der Waals surface area contributed by atoms with Crippen molar-refractivity contribution in [2.24, 2.45) is 10.8 Å². The standard InChI is InChI=1S/C11H11N5O/c12-9(11(17)15-16-13)5-7-6-14-10-4-2-1-3-8(7)10/h1-4,6,9,14H,5,12H2. The van der Waals surface area contributed by atoms with Crippen molar-refractivity contribution in [1.82, 2.24) is 4.98 Å². The number of H-pyrrole nitrogens is 1. The first-order chi connectivity index (χ1) is 8.22. The maximum absolute atomic E-state index is 11.2. The van der Waals surface area contributed by atoms with Crippen molar-refractivity contribution in [2.75, 3.05) is 0 Å². The molecule has 0 aliphatic rings. The molecule has 2 rings (SSSR count). The third-order valence-electron chi connectivity index (χ3n) is 2.58. The quantitative estimate of drug-likeness (QED) is 0.476. The van der Waals surface area contributed by atoms with Crippen LogP contribution >= 0.6 is 0 Å². The van der Waals surface area contributed by atoms with Gasteiger partial charge >= 0.3 is 0 Å². The minimum atomic E-state index is -0.801. The summed E-state index contributed by atoms with van der Waals surface area (Å²) in [4.78, 5) is 16.8. The van der Waals surface area contributed by atoms with Gasteiger partial charge in [-0.25, -0.2) is 0 Å². The molecule has 0 saturated heterocycles. The average molecular weight is 229 g/mol. The molecule has 1 unspecified atom stereocenters. The summed E-state index contributed by atoms with van der Waals surface area (Å²) in [7, 11) is 0. The monoisotopic (exact) mass is 229 g/mol. The molecule has 0 bridgehead atoms. The van der Waals surface area contributed by atoms with Gasteiger partial charge in [0.1, 0.15) is 0 Å². The molecule has 1 atom stereocenters. The second kappa shape index (κ2) is 4.69. The largest absolute Gasteiger partial charge is 0.361 e. The zero-order valence-electron chi connectivity index (χ0n) is 9.00. The Morgan fingerprint density at radius 1 is 1.53 bits per heavy atom. The summed E-state index contributed by atoms with van der Waals surface area (Å²) in [6.45, 7) is 0. The fourth-order valence-electron chi connectivity index (χ4n) is 1.74. The topological polar surface area (TPSA) is 108 Å². The first-order valence-corrected chi connectivity index (χ1v) is 5.12. The van der Waals surface area contributed by atoms with Crippen molar-refractivity contribution in [3.05, 3.63) is 46.5 Å². The number of carbonyl (C=O) groups is 1. The molecule has 6 nitrogen and oxygen atoms in total. The van der Waals surface area contributed by atoms with Crippen LogP contribution in [0.15, 0.2) is 35.6 Å². The predicted octanol–water partition coefficient (Wildman–Crippen LogP) is 1.87. The number of nitrogens with one attached hydrogen (secondary N) is 1. The number of fused-ring (bicyclic) bond motifs is 1. The number of rotatable bonds is 3. The highest BCUT2D eigenvalue weighted by atomic mass is 16.2. The van der Waals surface area contributed by atoms with Crippen LogP contribution in [0, 0.1) is 0 Å². The van der Waals surface area contributed by atoms with E-state index < -0.39 is 11.9 Å². The van der Waals surface area contributed by atoms with Gasteiger partial charge in [-0.05, 0) is 28.7 Å². The number of hydrogen-bond acceptors (Lipinski definition) is 2. The fraction of sp³-hybridized carbons (Fsp3) is 0.182. The van der Waals surface area contributed by atoms with Gasteiger partial charge in [-0.3, -0.25) is 4.79 Å². The fourth-order valence-corrected chi connectivity index (χ4v) is 1.74. The molecule has 2 aromatic rings. The van der Waals surface area contributed by atoms with Gasteiger partial charge in [0, 0.05) is 22.0 Å². The Kier molecular flexibility index (Phi) is 3.09. The molecule has 3 N–H and O–H groups in total. The van der Waals surface area contributed by atoms with E-state index in [-0.39, 0.29) is 0 Å². The molecule has 0 aliphatic heterocycles. The van der Waals surface area contributed by atoms with E-state index in [9.17, 15) is 4.79 Å². The first kappa shape index (κ1) is 11.2. The molecule has 6 heteroatoms. The van der Waals surface area contributed by atoms with Crippen LogP contribution in [0.2, 0.25) is 0 Å². The summed E-state index contributed by atoms with van der Waals surface area (Å²) >= 11 is 0. The van der Waals surface area contributed by atoms with Crippen molar-refractivity contribution in [3.63, 3.8) is 0 Å². The smallest absolute Gasteiger partial charge is 0.235 e. The second-order valence-electron chi connectivity index (χ2n) is 3.70. The van der Waals surface area contributed by atoms with Gasteiger partial charge in [-0.1, -0.05) is 18.2 Å². The van der Waals surface area contributed by atoms with E-state index in [0.29, 0.717) is 6.42 Å². The summed E-state index contributed by atoms with van der Waals surface area (Å²) in [5.74, 6) is -0.641. The van der Waals surface area contributed by atoms with Crippen molar-refractivity contribution in [2.45, 2.75) is 12.5 Å². The lowest BCUT2D eigenvalue weighted by atomic mass is 10.1. The number of amides is 1. The highest BCUT2D eigenvalue weighted by molar-refractivity contribution is 5.86. The van der Waals surface area contributed by atoms with E-state index in [1.54, 1.807) is 0 Å². The minimum absolute atomic E-state index is 0.349. The molecule has 1 aromatic carbocycles. The SMILES string of the molecule is [N-]=[N+]=NC(=O)C(N)Cc1c[nH]c2ccccc12. The van der Waals surface area contributed by atoms with E-state index in [0.717, 1.165) is 16.5 Å². The van der Waals surface area contributed by atoms with Crippen LogP contribution in [-0.4, -0.2) is 16.9 Å². The molecule has 1 aromatic heterocycles. The predicted molar refractivity (Wildman–Crippen MR) is 64.1 cm³/mol. The molecule has 1 heterocycles. The number of nitrogens with zero attached hydrogens (tertiary/aromatic N) is 3. The Balaban J connectivity index is 2.24. The lowest BCUT2D eigenvalue weighted by Gasteiger charge is -2.05. The Morgan fingerprint density at radius 3 is 3.06 bits per heavy atom. The van der Waals surface area contributed by atoms with Crippen LogP contribution in [0.4, 0.5) is 0 Å².